The van der Waals surface area contributed by atoms with E-state index < -0.39 is 59.2 Å². The molecule has 0 aromatic heterocycles. The third kappa shape index (κ3) is 17.9. The maximum absolute atomic E-state index is 15.0. The number of ketones is 3. The average molecular weight is 1010 g/mol. The summed E-state index contributed by atoms with van der Waals surface area (Å²) >= 11 is 0. The third-order valence-corrected chi connectivity index (χ3v) is 13.2. The predicted octanol–water partition coefficient (Wildman–Crippen LogP) is 5.50. The van der Waals surface area contributed by atoms with E-state index in [-0.39, 0.29) is 89.5 Å². The van der Waals surface area contributed by atoms with Gasteiger partial charge in [0.25, 0.3) is 5.91 Å². The molecule has 5 atom stereocenters. The molecule has 1 heterocycles. The first kappa shape index (κ1) is 59.1. The van der Waals surface area contributed by atoms with Gasteiger partial charge in [0.15, 0.2) is 17.3 Å². The first-order valence-electron chi connectivity index (χ1n) is 25.9. The molecule has 0 fully saturated rings. The minimum absolute atomic E-state index is 0.0264. The highest BCUT2D eigenvalue weighted by molar-refractivity contribution is 6.00. The Morgan fingerprint density at radius 1 is 0.863 bits per heavy atom. The van der Waals surface area contributed by atoms with Gasteiger partial charge in [-0.2, -0.15) is 5.26 Å². The highest BCUT2D eigenvalue weighted by atomic mass is 16.5. The molecule has 0 unspecified atom stereocenters. The molecule has 0 aliphatic carbocycles. The molecule has 9 N–H and O–H groups in total. The van der Waals surface area contributed by atoms with E-state index in [1.807, 2.05) is 31.2 Å². The van der Waals surface area contributed by atoms with Crippen molar-refractivity contribution in [2.75, 3.05) is 46.4 Å². The standard InChI is InChI=1S/C56H78N8O9/c1-6-7-8-9-13-39-16-19-43(36(2)30-39)55(70)62-46(14-10-11-27-61-38(4)65)49(67)35-42(22-24-58)56(71)64(5)53-41-18-21-52(73-29-26-60)45(34-41)44-32-40(17-20-51(44)72-28-25-59)33-47(48(66)15-12-23-57)63-54(69)37(3)31-50(53)68/h16-21,30,32,34,37,42,46-47,53H,6-15,22,24-29,31,33,35,58-60H2,1-5H3,(H,61,65)(H,62,70)(H,63,69)/t37-,42-,46+,47+,53+/m1/s1. The number of rotatable bonds is 28. The normalized spacial score (nSPS) is 16.5. The van der Waals surface area contributed by atoms with Crippen LogP contribution in [0.15, 0.2) is 54.6 Å². The molecular formula is C56H78N8O9. The van der Waals surface area contributed by atoms with E-state index in [0.717, 1.165) is 43.2 Å². The number of carbonyl (C=O) groups excluding carboxylic acids is 7. The molecule has 396 valence electrons. The van der Waals surface area contributed by atoms with Crippen LogP contribution in [0.25, 0.3) is 11.1 Å². The van der Waals surface area contributed by atoms with E-state index in [1.54, 1.807) is 43.3 Å². The van der Waals surface area contributed by atoms with Crippen LogP contribution in [0.4, 0.5) is 0 Å². The van der Waals surface area contributed by atoms with Crippen LogP contribution in [0, 0.1) is 30.1 Å². The molecule has 0 saturated carbocycles. The van der Waals surface area contributed by atoms with Crippen LogP contribution in [0.3, 0.4) is 0 Å². The molecule has 0 spiro atoms. The van der Waals surface area contributed by atoms with Gasteiger partial charge in [0.05, 0.1) is 18.2 Å². The number of nitriles is 1. The zero-order chi connectivity index (χ0) is 53.5. The van der Waals surface area contributed by atoms with Gasteiger partial charge in [0.2, 0.25) is 17.7 Å². The molecule has 17 nitrogen and oxygen atoms in total. The SMILES string of the molecule is CCCCCCc1ccc(C(=O)N[C@@H](CCCCNC(C)=O)C(=O)C[C@@H](CCN)C(=O)N(C)[C@@H]2C(=O)C[C@@H](C)C(=O)N[C@H](C(=O)CCC#N)Cc3ccc(OCCN)c(c3)-c3cc2ccc3OCCN)c(C)c1. The highest BCUT2D eigenvalue weighted by Crippen LogP contribution is 2.41. The number of unbranched alkanes of at least 4 members (excludes halogenated alkanes) is 4. The quantitative estimate of drug-likeness (QED) is 0.0491. The molecule has 73 heavy (non-hydrogen) atoms. The maximum atomic E-state index is 15.0. The molecule has 4 bridgehead atoms. The van der Waals surface area contributed by atoms with Crippen molar-refractivity contribution in [1.82, 2.24) is 20.9 Å². The smallest absolute Gasteiger partial charge is 0.252 e. The summed E-state index contributed by atoms with van der Waals surface area (Å²) in [5, 5.41) is 17.8. The summed E-state index contributed by atoms with van der Waals surface area (Å²) in [5.41, 5.74) is 22.3. The van der Waals surface area contributed by atoms with Crippen LogP contribution in [-0.4, -0.2) is 104 Å². The number of nitrogens with zero attached hydrogens (tertiary/aromatic N) is 2. The van der Waals surface area contributed by atoms with E-state index >= 15 is 4.79 Å². The molecule has 17 heteroatoms. The Morgan fingerprint density at radius 3 is 2.21 bits per heavy atom. The molecule has 4 amide bonds. The minimum atomic E-state index is -1.30. The molecule has 3 aromatic rings. The maximum Gasteiger partial charge on any atom is 0.252 e. The van der Waals surface area contributed by atoms with E-state index in [4.69, 9.17) is 26.7 Å². The number of carbonyl (C=O) groups is 7. The Morgan fingerprint density at radius 2 is 1.56 bits per heavy atom. The number of nitrogens with two attached hydrogens (primary N) is 3. The van der Waals surface area contributed by atoms with E-state index in [0.29, 0.717) is 58.7 Å². The van der Waals surface area contributed by atoms with Gasteiger partial charge in [-0.25, -0.2) is 0 Å². The fourth-order valence-corrected chi connectivity index (χ4v) is 9.21. The molecule has 0 saturated heterocycles. The number of benzene rings is 3. The van der Waals surface area contributed by atoms with Crippen molar-refractivity contribution in [1.29, 1.82) is 5.26 Å². The molecule has 3 aromatic carbocycles. The lowest BCUT2D eigenvalue weighted by Gasteiger charge is -2.32. The number of likely N-dealkylation sites (N-methyl/N-ethyl adjacent to an activating group) is 1. The molecule has 1 aliphatic rings. The molecule has 4 rings (SSSR count). The molecular weight excluding hydrogens is 929 g/mol. The zero-order valence-corrected chi connectivity index (χ0v) is 43.5. The largest absolute Gasteiger partial charge is 0.492 e. The summed E-state index contributed by atoms with van der Waals surface area (Å²) in [6.45, 7) is 8.11. The number of hydrogen-bond acceptors (Lipinski definition) is 13. The summed E-state index contributed by atoms with van der Waals surface area (Å²) in [6, 6.07) is 14.8. The number of fused-ring (bicyclic) bond motifs is 5. The molecule has 1 aliphatic heterocycles. The van der Waals surface area contributed by atoms with Gasteiger partial charge in [-0.05, 0) is 111 Å². The second-order valence-electron chi connectivity index (χ2n) is 19.1. The second kappa shape index (κ2) is 30.5. The van der Waals surface area contributed by atoms with E-state index in [9.17, 15) is 34.0 Å². The van der Waals surface area contributed by atoms with Crippen molar-refractivity contribution < 1.29 is 43.0 Å². The van der Waals surface area contributed by atoms with Crippen LogP contribution >= 0.6 is 0 Å². The van der Waals surface area contributed by atoms with Crippen LogP contribution in [0.5, 0.6) is 11.5 Å². The van der Waals surface area contributed by atoms with Gasteiger partial charge in [0, 0.05) is 87.8 Å². The van der Waals surface area contributed by atoms with Crippen LogP contribution in [0.2, 0.25) is 0 Å². The Hall–Kier alpha value is -6.48. The van der Waals surface area contributed by atoms with E-state index in [1.165, 1.54) is 18.9 Å². The first-order chi connectivity index (χ1) is 35.1. The van der Waals surface area contributed by atoms with Crippen LogP contribution < -0.4 is 42.6 Å². The lowest BCUT2D eigenvalue weighted by Crippen LogP contribution is -2.46. The number of aryl methyl sites for hydroxylation is 2. The van der Waals surface area contributed by atoms with Crippen LogP contribution in [0.1, 0.15) is 136 Å². The van der Waals surface area contributed by atoms with Gasteiger partial charge in [-0.1, -0.05) is 57.4 Å². The van der Waals surface area contributed by atoms with Crippen LogP contribution in [-0.2, 0) is 41.6 Å². The topological polar surface area (TPSA) is 279 Å². The van der Waals surface area contributed by atoms with Crippen molar-refractivity contribution in [3.05, 3.63) is 82.4 Å². The monoisotopic (exact) mass is 1010 g/mol. The Labute approximate surface area is 431 Å². The second-order valence-corrected chi connectivity index (χ2v) is 19.1. The minimum Gasteiger partial charge on any atom is -0.492 e. The number of amides is 4. The number of ether oxygens (including phenoxy) is 2. The van der Waals surface area contributed by atoms with Crippen molar-refractivity contribution in [3.8, 4) is 28.7 Å². The zero-order valence-electron chi connectivity index (χ0n) is 43.5. The highest BCUT2D eigenvalue weighted by Gasteiger charge is 2.37. The Kier molecular flexibility index (Phi) is 24.7. The fraction of sp³-hybridized carbons (Fsp3) is 0.536. The lowest BCUT2D eigenvalue weighted by molar-refractivity contribution is -0.144. The first-order valence-corrected chi connectivity index (χ1v) is 25.9. The number of nitrogens with one attached hydrogen (secondary N) is 3. The van der Waals surface area contributed by atoms with Gasteiger partial charge < -0.3 is 47.5 Å². The summed E-state index contributed by atoms with van der Waals surface area (Å²) in [5.74, 6) is -4.14. The average Bonchev–Trinajstić information content (AvgIpc) is 3.36. The Balaban J connectivity index is 1.77. The van der Waals surface area contributed by atoms with Crippen molar-refractivity contribution in [3.63, 3.8) is 0 Å². The van der Waals surface area contributed by atoms with Crippen molar-refractivity contribution in [2.24, 2.45) is 29.0 Å². The number of Topliss-reactive ketones (excluding diaryl/α,β-unsaturated/α-hetero) is 3. The predicted molar refractivity (Wildman–Crippen MR) is 280 cm³/mol. The summed E-state index contributed by atoms with van der Waals surface area (Å²) in [4.78, 5) is 98.7. The lowest BCUT2D eigenvalue weighted by atomic mass is 9.88. The van der Waals surface area contributed by atoms with Gasteiger partial charge in [0.1, 0.15) is 30.8 Å². The number of hydrogen-bond donors (Lipinski definition) is 6. The van der Waals surface area contributed by atoms with Gasteiger partial charge >= 0.3 is 0 Å². The summed E-state index contributed by atoms with van der Waals surface area (Å²) in [7, 11) is 1.48. The fourth-order valence-electron chi connectivity index (χ4n) is 9.21. The molecule has 0 radical (unpaired) electrons. The van der Waals surface area contributed by atoms with Gasteiger partial charge in [-0.3, -0.25) is 33.6 Å². The summed E-state index contributed by atoms with van der Waals surface area (Å²) < 4.78 is 12.3. The Bertz CT molecular complexity index is 2420. The van der Waals surface area contributed by atoms with Crippen molar-refractivity contribution >= 4 is 41.0 Å². The van der Waals surface area contributed by atoms with Gasteiger partial charge in [-0.15, -0.1) is 0 Å². The summed E-state index contributed by atoms with van der Waals surface area (Å²) in [6.07, 6.45) is 5.98. The van der Waals surface area contributed by atoms with Crippen molar-refractivity contribution in [2.45, 2.75) is 136 Å². The van der Waals surface area contributed by atoms with E-state index in [2.05, 4.69) is 22.9 Å². The third-order valence-electron chi connectivity index (χ3n) is 13.2.